The number of nitrogens with zero attached hydrogens (tertiary/aromatic N) is 1. The Bertz CT molecular complexity index is 591. The van der Waals surface area contributed by atoms with Crippen LogP contribution in [-0.2, 0) is 16.0 Å². The van der Waals surface area contributed by atoms with E-state index in [1.807, 2.05) is 6.07 Å². The van der Waals surface area contributed by atoms with E-state index in [1.54, 1.807) is 6.07 Å². The summed E-state index contributed by atoms with van der Waals surface area (Å²) < 4.78 is 16.4. The molecule has 0 saturated carbocycles. The van der Waals surface area contributed by atoms with E-state index in [0.717, 1.165) is 51.3 Å². The molecule has 1 aromatic carbocycles. The van der Waals surface area contributed by atoms with Gasteiger partial charge in [-0.25, -0.2) is 0 Å². The third-order valence-electron chi connectivity index (χ3n) is 4.35. The number of rotatable bonds is 7. The van der Waals surface area contributed by atoms with Crippen LogP contribution in [-0.4, -0.2) is 63.4 Å². The first-order valence-corrected chi connectivity index (χ1v) is 9.25. The van der Waals surface area contributed by atoms with Gasteiger partial charge in [0.2, 0.25) is 5.91 Å². The van der Waals surface area contributed by atoms with Gasteiger partial charge in [-0.1, -0.05) is 11.6 Å². The van der Waals surface area contributed by atoms with Gasteiger partial charge >= 0.3 is 0 Å². The lowest BCUT2D eigenvalue weighted by Crippen LogP contribution is -2.37. The van der Waals surface area contributed by atoms with E-state index in [9.17, 15) is 4.79 Å². The molecule has 0 atom stereocenters. The van der Waals surface area contributed by atoms with E-state index in [0.29, 0.717) is 42.7 Å². The van der Waals surface area contributed by atoms with Crippen molar-refractivity contribution in [1.82, 2.24) is 10.2 Å². The Labute approximate surface area is 153 Å². The summed E-state index contributed by atoms with van der Waals surface area (Å²) in [6.07, 6.45) is 2.35. The highest BCUT2D eigenvalue weighted by molar-refractivity contribution is 6.32. The van der Waals surface area contributed by atoms with Crippen molar-refractivity contribution in [2.75, 3.05) is 52.6 Å². The number of halogens is 1. The molecule has 1 amide bonds. The normalized spacial score (nSPS) is 17.3. The zero-order valence-corrected chi connectivity index (χ0v) is 15.1. The lowest BCUT2D eigenvalue weighted by atomic mass is 10.1. The number of carbonyl (C=O) groups is 1. The van der Waals surface area contributed by atoms with Crippen molar-refractivity contribution in [3.05, 3.63) is 22.7 Å². The molecule has 0 aromatic heterocycles. The number of nitrogens with one attached hydrogen (secondary N) is 1. The van der Waals surface area contributed by atoms with Crippen molar-refractivity contribution in [3.63, 3.8) is 0 Å². The van der Waals surface area contributed by atoms with Crippen molar-refractivity contribution in [3.8, 4) is 11.5 Å². The number of amides is 1. The average Bonchev–Trinajstić information content (AvgIpc) is 2.62. The second-order valence-corrected chi connectivity index (χ2v) is 6.70. The van der Waals surface area contributed by atoms with E-state index in [-0.39, 0.29) is 5.91 Å². The van der Waals surface area contributed by atoms with Crippen LogP contribution in [0.15, 0.2) is 12.1 Å². The second kappa shape index (κ2) is 9.27. The number of hydrogen-bond donors (Lipinski definition) is 1. The molecule has 1 fully saturated rings. The van der Waals surface area contributed by atoms with Gasteiger partial charge in [-0.3, -0.25) is 9.69 Å². The van der Waals surface area contributed by atoms with E-state index in [4.69, 9.17) is 25.8 Å². The van der Waals surface area contributed by atoms with E-state index >= 15 is 0 Å². The number of ether oxygens (including phenoxy) is 3. The van der Waals surface area contributed by atoms with E-state index in [2.05, 4.69) is 10.2 Å². The quantitative estimate of drug-likeness (QED) is 0.745. The molecule has 2 aliphatic rings. The van der Waals surface area contributed by atoms with Crippen LogP contribution in [0.3, 0.4) is 0 Å². The molecule has 6 nitrogen and oxygen atoms in total. The Morgan fingerprint density at radius 1 is 1.12 bits per heavy atom. The highest BCUT2D eigenvalue weighted by atomic mass is 35.5. The van der Waals surface area contributed by atoms with Gasteiger partial charge in [0, 0.05) is 19.6 Å². The van der Waals surface area contributed by atoms with Gasteiger partial charge in [0.25, 0.3) is 0 Å². The minimum Gasteiger partial charge on any atom is -0.486 e. The first kappa shape index (κ1) is 18.3. The summed E-state index contributed by atoms with van der Waals surface area (Å²) in [5.74, 6) is 1.19. The van der Waals surface area contributed by atoms with Gasteiger partial charge in [0.1, 0.15) is 13.2 Å². The molecular weight excluding hydrogens is 344 g/mol. The lowest BCUT2D eigenvalue weighted by Gasteiger charge is -2.26. The summed E-state index contributed by atoms with van der Waals surface area (Å²) in [6.45, 7) is 6.44. The van der Waals surface area contributed by atoms with Crippen LogP contribution >= 0.6 is 11.6 Å². The molecule has 0 aliphatic carbocycles. The molecule has 0 bridgehead atoms. The van der Waals surface area contributed by atoms with Crippen LogP contribution in [0, 0.1) is 0 Å². The van der Waals surface area contributed by atoms with E-state index in [1.165, 1.54) is 0 Å². The summed E-state index contributed by atoms with van der Waals surface area (Å²) in [5, 5.41) is 3.46. The molecule has 1 aromatic rings. The summed E-state index contributed by atoms with van der Waals surface area (Å²) in [7, 11) is 0. The zero-order chi connectivity index (χ0) is 17.5. The molecule has 3 rings (SSSR count). The number of hydrogen-bond acceptors (Lipinski definition) is 5. The summed E-state index contributed by atoms with van der Waals surface area (Å²) in [4.78, 5) is 14.5. The van der Waals surface area contributed by atoms with Gasteiger partial charge in [0.15, 0.2) is 11.5 Å². The number of carbonyl (C=O) groups excluding carboxylic acids is 1. The van der Waals surface area contributed by atoms with Gasteiger partial charge in [-0.15, -0.1) is 0 Å². The minimum absolute atomic E-state index is 0.000818. The van der Waals surface area contributed by atoms with Crippen molar-refractivity contribution in [2.24, 2.45) is 0 Å². The smallest absolute Gasteiger partial charge is 0.224 e. The Morgan fingerprint density at radius 3 is 2.76 bits per heavy atom. The number of unbranched alkanes of at least 4 members (excludes halogenated alkanes) is 1. The third kappa shape index (κ3) is 5.49. The first-order valence-electron chi connectivity index (χ1n) is 8.87. The number of morpholine rings is 1. The van der Waals surface area contributed by atoms with Crippen LogP contribution in [0.1, 0.15) is 18.4 Å². The number of benzene rings is 1. The standard InChI is InChI=1S/C18H25ClN2O4/c19-15-11-14(12-16-18(15)25-10-9-24-16)13-17(22)20-3-1-2-4-21-5-7-23-8-6-21/h11-12H,1-10,13H2,(H,20,22). The highest BCUT2D eigenvalue weighted by Crippen LogP contribution is 2.38. The van der Waals surface area contributed by atoms with Crippen LogP contribution in [0.2, 0.25) is 5.02 Å². The summed E-state index contributed by atoms with van der Waals surface area (Å²) in [6, 6.07) is 3.60. The molecule has 1 saturated heterocycles. The molecule has 138 valence electrons. The molecule has 2 aliphatic heterocycles. The molecular formula is C18H25ClN2O4. The predicted molar refractivity (Wildman–Crippen MR) is 95.6 cm³/mol. The zero-order valence-electron chi connectivity index (χ0n) is 14.4. The molecule has 1 N–H and O–H groups in total. The maximum atomic E-state index is 12.1. The molecule has 2 heterocycles. The Morgan fingerprint density at radius 2 is 1.92 bits per heavy atom. The SMILES string of the molecule is O=C(Cc1cc(Cl)c2c(c1)OCCO2)NCCCCN1CCOCC1. The van der Waals surface area contributed by atoms with Gasteiger partial charge in [-0.05, 0) is 37.1 Å². The van der Waals surface area contributed by atoms with E-state index < -0.39 is 0 Å². The van der Waals surface area contributed by atoms with Crippen molar-refractivity contribution in [2.45, 2.75) is 19.3 Å². The maximum absolute atomic E-state index is 12.1. The molecule has 0 spiro atoms. The number of fused-ring (bicyclic) bond motifs is 1. The summed E-state index contributed by atoms with van der Waals surface area (Å²) >= 11 is 6.20. The molecule has 25 heavy (non-hydrogen) atoms. The van der Waals surface area contributed by atoms with Crippen LogP contribution in [0.25, 0.3) is 0 Å². The largest absolute Gasteiger partial charge is 0.486 e. The fourth-order valence-corrected chi connectivity index (χ4v) is 3.32. The fourth-order valence-electron chi connectivity index (χ4n) is 3.03. The first-order chi connectivity index (χ1) is 12.2. The van der Waals surface area contributed by atoms with Gasteiger partial charge < -0.3 is 19.5 Å². The fraction of sp³-hybridized carbons (Fsp3) is 0.611. The minimum atomic E-state index is -0.000818. The highest BCUT2D eigenvalue weighted by Gasteiger charge is 2.17. The maximum Gasteiger partial charge on any atom is 0.224 e. The predicted octanol–water partition coefficient (Wildman–Crippen LogP) is 1.88. The Balaban J connectivity index is 1.37. The Kier molecular flexibility index (Phi) is 6.78. The molecule has 7 heteroatoms. The van der Waals surface area contributed by atoms with Crippen LogP contribution in [0.4, 0.5) is 0 Å². The third-order valence-corrected chi connectivity index (χ3v) is 4.63. The molecule has 0 radical (unpaired) electrons. The Hall–Kier alpha value is -1.50. The van der Waals surface area contributed by atoms with Crippen molar-refractivity contribution >= 4 is 17.5 Å². The summed E-state index contributed by atoms with van der Waals surface area (Å²) in [5.41, 5.74) is 0.833. The van der Waals surface area contributed by atoms with Crippen molar-refractivity contribution < 1.29 is 19.0 Å². The topological polar surface area (TPSA) is 60.0 Å². The van der Waals surface area contributed by atoms with Crippen molar-refractivity contribution in [1.29, 1.82) is 0 Å². The molecule has 0 unspecified atom stereocenters. The average molecular weight is 369 g/mol. The van der Waals surface area contributed by atoms with Gasteiger partial charge in [-0.2, -0.15) is 0 Å². The van der Waals surface area contributed by atoms with Gasteiger partial charge in [0.05, 0.1) is 24.7 Å². The van der Waals surface area contributed by atoms with Crippen LogP contribution < -0.4 is 14.8 Å². The lowest BCUT2D eigenvalue weighted by molar-refractivity contribution is -0.120. The van der Waals surface area contributed by atoms with Crippen LogP contribution in [0.5, 0.6) is 11.5 Å². The monoisotopic (exact) mass is 368 g/mol. The second-order valence-electron chi connectivity index (χ2n) is 6.29.